The lowest BCUT2D eigenvalue weighted by Crippen LogP contribution is -2.27. The third kappa shape index (κ3) is 7.34. The van der Waals surface area contributed by atoms with Crippen molar-refractivity contribution in [3.8, 4) is 5.75 Å². The van der Waals surface area contributed by atoms with Crippen molar-refractivity contribution in [3.05, 3.63) is 24.3 Å². The van der Waals surface area contributed by atoms with Crippen molar-refractivity contribution < 1.29 is 13.2 Å². The van der Waals surface area contributed by atoms with Gasteiger partial charge in [-0.2, -0.15) is 0 Å². The minimum atomic E-state index is -3.33. The summed E-state index contributed by atoms with van der Waals surface area (Å²) in [6.45, 7) is 7.35. The second kappa shape index (κ2) is 8.89. The second-order valence-electron chi connectivity index (χ2n) is 5.04. The molecule has 6 heteroatoms. The Kier molecular flexibility index (Phi) is 7.53. The molecule has 0 saturated carbocycles. The Morgan fingerprint density at radius 2 is 2.00 bits per heavy atom. The smallest absolute Gasteiger partial charge is 0.233 e. The molecule has 0 radical (unpaired) electrons. The Bertz CT molecular complexity index is 517. The van der Waals surface area contributed by atoms with Crippen LogP contribution in [0.5, 0.6) is 5.75 Å². The van der Waals surface area contributed by atoms with Gasteiger partial charge in [0.05, 0.1) is 17.5 Å². The number of rotatable bonds is 10. The van der Waals surface area contributed by atoms with Crippen molar-refractivity contribution in [2.75, 3.05) is 23.6 Å². The summed E-state index contributed by atoms with van der Waals surface area (Å²) in [4.78, 5) is 0. The van der Waals surface area contributed by atoms with E-state index < -0.39 is 10.0 Å². The van der Waals surface area contributed by atoms with Gasteiger partial charge in [-0.05, 0) is 38.4 Å². The molecule has 0 spiro atoms. The molecule has 1 rings (SSSR count). The number of nitrogens with one attached hydrogen (secondary N) is 2. The van der Waals surface area contributed by atoms with Crippen LogP contribution in [0.3, 0.4) is 0 Å². The Morgan fingerprint density at radius 1 is 1.24 bits per heavy atom. The van der Waals surface area contributed by atoms with Crippen molar-refractivity contribution in [1.29, 1.82) is 0 Å². The maximum Gasteiger partial charge on any atom is 0.233 e. The van der Waals surface area contributed by atoms with Gasteiger partial charge in [0.25, 0.3) is 0 Å². The predicted octanol–water partition coefficient (Wildman–Crippen LogP) is 2.61. The molecule has 5 nitrogen and oxygen atoms in total. The fourth-order valence-electron chi connectivity index (χ4n) is 1.69. The molecule has 0 aromatic heterocycles. The van der Waals surface area contributed by atoms with Crippen LogP contribution in [0.15, 0.2) is 24.3 Å². The maximum absolute atomic E-state index is 12.0. The van der Waals surface area contributed by atoms with E-state index in [1.807, 2.05) is 26.8 Å². The second-order valence-corrected chi connectivity index (χ2v) is 6.88. The summed E-state index contributed by atoms with van der Waals surface area (Å²) in [7, 11) is -3.33. The molecule has 0 aliphatic heterocycles. The van der Waals surface area contributed by atoms with Crippen molar-refractivity contribution in [3.63, 3.8) is 0 Å². The summed E-state index contributed by atoms with van der Waals surface area (Å²) in [5.74, 6) is 0.734. The fraction of sp³-hybridized carbons (Fsp3) is 0.600. The Balaban J connectivity index is 2.59. The van der Waals surface area contributed by atoms with E-state index in [1.54, 1.807) is 18.2 Å². The number of hydrogen-bond donors (Lipinski definition) is 2. The van der Waals surface area contributed by atoms with E-state index in [-0.39, 0.29) is 11.9 Å². The molecule has 0 saturated heterocycles. The summed E-state index contributed by atoms with van der Waals surface area (Å²) < 4.78 is 32.2. The molecule has 0 fully saturated rings. The number of ether oxygens (including phenoxy) is 1. The van der Waals surface area contributed by atoms with Crippen molar-refractivity contribution >= 4 is 15.7 Å². The molecule has 120 valence electrons. The zero-order valence-corrected chi connectivity index (χ0v) is 13.9. The van der Waals surface area contributed by atoms with Crippen LogP contribution in [-0.4, -0.2) is 33.4 Å². The normalized spacial score (nSPS) is 12.9. The highest BCUT2D eigenvalue weighted by Crippen LogP contribution is 2.20. The highest BCUT2D eigenvalue weighted by molar-refractivity contribution is 7.92. The van der Waals surface area contributed by atoms with Gasteiger partial charge in [-0.15, -0.1) is 0 Å². The molecule has 1 atom stereocenters. The molecule has 1 aromatic rings. The van der Waals surface area contributed by atoms with Crippen LogP contribution in [0.2, 0.25) is 0 Å². The van der Waals surface area contributed by atoms with Crippen molar-refractivity contribution in [1.82, 2.24) is 5.32 Å². The van der Waals surface area contributed by atoms with Crippen molar-refractivity contribution in [2.24, 2.45) is 0 Å². The number of anilines is 1. The molecule has 0 bridgehead atoms. The van der Waals surface area contributed by atoms with E-state index in [0.29, 0.717) is 18.0 Å². The largest absolute Gasteiger partial charge is 0.491 e. The van der Waals surface area contributed by atoms with Crippen LogP contribution in [0.1, 0.15) is 33.6 Å². The Hall–Kier alpha value is -1.27. The minimum absolute atomic E-state index is 0.0590. The zero-order valence-electron chi connectivity index (χ0n) is 13.1. The fourth-order valence-corrected chi connectivity index (χ4v) is 2.69. The van der Waals surface area contributed by atoms with Gasteiger partial charge in [-0.1, -0.05) is 19.9 Å². The quantitative estimate of drug-likeness (QED) is 0.651. The van der Waals surface area contributed by atoms with E-state index in [1.165, 1.54) is 0 Å². The summed E-state index contributed by atoms with van der Waals surface area (Å²) in [6, 6.07) is 7.04. The highest BCUT2D eigenvalue weighted by atomic mass is 32.2. The van der Waals surface area contributed by atoms with Gasteiger partial charge in [-0.3, -0.25) is 4.72 Å². The average Bonchev–Trinajstić information content (AvgIpc) is 2.43. The summed E-state index contributed by atoms with van der Waals surface area (Å²) >= 11 is 0. The maximum atomic E-state index is 12.0. The first-order valence-electron chi connectivity index (χ1n) is 7.44. The molecule has 1 aromatic carbocycles. The highest BCUT2D eigenvalue weighted by Gasteiger charge is 2.10. The van der Waals surface area contributed by atoms with E-state index in [2.05, 4.69) is 10.0 Å². The predicted molar refractivity (Wildman–Crippen MR) is 87.4 cm³/mol. The number of sulfonamides is 1. The summed E-state index contributed by atoms with van der Waals surface area (Å²) in [5.41, 5.74) is 0.534. The first kappa shape index (κ1) is 17.8. The molecule has 21 heavy (non-hydrogen) atoms. The molecule has 1 unspecified atom stereocenters. The van der Waals surface area contributed by atoms with Crippen LogP contribution in [-0.2, 0) is 10.0 Å². The van der Waals surface area contributed by atoms with Crippen LogP contribution < -0.4 is 14.8 Å². The number of benzene rings is 1. The lowest BCUT2D eigenvalue weighted by molar-refractivity contribution is 0.217. The Morgan fingerprint density at radius 3 is 2.67 bits per heavy atom. The van der Waals surface area contributed by atoms with Crippen molar-refractivity contribution in [2.45, 2.75) is 39.7 Å². The van der Waals surface area contributed by atoms with Gasteiger partial charge < -0.3 is 10.1 Å². The lowest BCUT2D eigenvalue weighted by Gasteiger charge is -2.14. The first-order valence-corrected chi connectivity index (χ1v) is 9.10. The van der Waals surface area contributed by atoms with Crippen LogP contribution >= 0.6 is 0 Å². The SMILES string of the molecule is CCCNCCS(=O)(=O)Nc1cccc(OC(C)CC)c1. The molecular formula is C15H26N2O3S. The molecule has 0 heterocycles. The van der Waals surface area contributed by atoms with Gasteiger partial charge in [0.15, 0.2) is 0 Å². The third-order valence-corrected chi connectivity index (χ3v) is 4.28. The lowest BCUT2D eigenvalue weighted by atomic mass is 10.3. The molecule has 0 amide bonds. The Labute approximate surface area is 128 Å². The van der Waals surface area contributed by atoms with E-state index in [9.17, 15) is 8.42 Å². The third-order valence-electron chi connectivity index (χ3n) is 2.99. The standard InChI is InChI=1S/C15H26N2O3S/c1-4-9-16-10-11-21(18,19)17-14-7-6-8-15(12-14)20-13(3)5-2/h6-8,12-13,16-17H,4-5,9-11H2,1-3H3. The summed E-state index contributed by atoms with van der Waals surface area (Å²) in [6.07, 6.45) is 2.00. The van der Waals surface area contributed by atoms with E-state index in [4.69, 9.17) is 4.74 Å². The van der Waals surface area contributed by atoms with Gasteiger partial charge >= 0.3 is 0 Å². The summed E-state index contributed by atoms with van der Waals surface area (Å²) in [5, 5.41) is 3.08. The monoisotopic (exact) mass is 314 g/mol. The van der Waals surface area contributed by atoms with Crippen LogP contribution in [0.25, 0.3) is 0 Å². The number of hydrogen-bond acceptors (Lipinski definition) is 4. The van der Waals surface area contributed by atoms with Gasteiger partial charge in [0.2, 0.25) is 10.0 Å². The van der Waals surface area contributed by atoms with Gasteiger partial charge in [0, 0.05) is 12.6 Å². The molecule has 2 N–H and O–H groups in total. The molecular weight excluding hydrogens is 288 g/mol. The van der Waals surface area contributed by atoms with Crippen LogP contribution in [0.4, 0.5) is 5.69 Å². The van der Waals surface area contributed by atoms with E-state index in [0.717, 1.165) is 19.4 Å². The molecule has 0 aliphatic rings. The average molecular weight is 314 g/mol. The topological polar surface area (TPSA) is 67.4 Å². The molecule has 0 aliphatic carbocycles. The first-order chi connectivity index (χ1) is 9.96. The van der Waals surface area contributed by atoms with E-state index >= 15 is 0 Å². The minimum Gasteiger partial charge on any atom is -0.491 e. The van der Waals surface area contributed by atoms with Gasteiger partial charge in [-0.25, -0.2) is 8.42 Å². The van der Waals surface area contributed by atoms with Crippen LogP contribution in [0, 0.1) is 0 Å². The zero-order chi connectivity index (χ0) is 15.7. The van der Waals surface area contributed by atoms with Gasteiger partial charge in [0.1, 0.15) is 5.75 Å².